The van der Waals surface area contributed by atoms with Crippen molar-refractivity contribution in [1.29, 1.82) is 5.26 Å². The number of thiocarbonyl (C=S) groups is 1. The largest absolute Gasteiger partial charge is 0.494 e. The summed E-state index contributed by atoms with van der Waals surface area (Å²) in [4.78, 5) is 57.7. The first-order valence-electron chi connectivity index (χ1n) is 22.5. The van der Waals surface area contributed by atoms with E-state index in [2.05, 4.69) is 20.8 Å². The first-order chi connectivity index (χ1) is 32.7. The van der Waals surface area contributed by atoms with E-state index in [0.29, 0.717) is 50.5 Å². The third-order valence-corrected chi connectivity index (χ3v) is 12.1. The van der Waals surface area contributed by atoms with Crippen molar-refractivity contribution in [3.05, 3.63) is 95.7 Å². The monoisotopic (exact) mass is 974 g/mol. The van der Waals surface area contributed by atoms with Crippen LogP contribution in [0.2, 0.25) is 0 Å². The lowest BCUT2D eigenvalue weighted by Gasteiger charge is -2.35. The summed E-state index contributed by atoms with van der Waals surface area (Å²) in [7, 11) is 0. The van der Waals surface area contributed by atoms with E-state index in [9.17, 15) is 42.7 Å². The lowest BCUT2D eigenvalue weighted by atomic mass is 9.85. The van der Waals surface area contributed by atoms with Gasteiger partial charge in [0.2, 0.25) is 17.7 Å². The highest BCUT2D eigenvalue weighted by Crippen LogP contribution is 2.40. The Kier molecular flexibility index (Phi) is 16.8. The molecule has 4 amide bonds. The van der Waals surface area contributed by atoms with E-state index >= 15 is 0 Å². The summed E-state index contributed by atoms with van der Waals surface area (Å²) < 4.78 is 58.3. The fourth-order valence-corrected chi connectivity index (χ4v) is 8.55. The van der Waals surface area contributed by atoms with Crippen LogP contribution in [-0.2, 0) is 41.4 Å². The van der Waals surface area contributed by atoms with Crippen LogP contribution in [0.3, 0.4) is 0 Å². The molecule has 368 valence electrons. The molecule has 0 bridgehead atoms. The molecule has 2 fully saturated rings. The maximum atomic E-state index is 13.9. The molecule has 4 aromatic rings. The number of carbonyl (C=O) groups excluding carboxylic acids is 4. The Morgan fingerprint density at radius 2 is 1.62 bits per heavy atom. The molecule has 3 atom stereocenters. The van der Waals surface area contributed by atoms with Crippen molar-refractivity contribution in [2.45, 2.75) is 96.7 Å². The number of amides is 4. The summed E-state index contributed by atoms with van der Waals surface area (Å²) in [6, 6.07) is 19.0. The van der Waals surface area contributed by atoms with Crippen molar-refractivity contribution >= 4 is 52.3 Å². The van der Waals surface area contributed by atoms with Crippen LogP contribution in [-0.4, -0.2) is 112 Å². The molecule has 2 saturated heterocycles. The van der Waals surface area contributed by atoms with Crippen molar-refractivity contribution < 1.29 is 51.7 Å². The van der Waals surface area contributed by atoms with Crippen LogP contribution in [0, 0.1) is 16.7 Å². The van der Waals surface area contributed by atoms with Gasteiger partial charge in [0.25, 0.3) is 5.91 Å². The number of H-pyrrole nitrogens is 1. The quantitative estimate of drug-likeness (QED) is 0.0572. The maximum absolute atomic E-state index is 13.9. The van der Waals surface area contributed by atoms with Gasteiger partial charge in [-0.15, -0.1) is 0 Å². The second-order valence-electron chi connectivity index (χ2n) is 18.4. The predicted octanol–water partition coefficient (Wildman–Crippen LogP) is 6.28. The zero-order valence-corrected chi connectivity index (χ0v) is 39.9. The number of benzene rings is 3. The number of halogens is 3. The normalized spacial score (nSPS) is 17.5. The first kappa shape index (κ1) is 52.0. The number of hydrogen-bond donors (Lipinski definition) is 4. The third kappa shape index (κ3) is 12.8. The molecule has 0 saturated carbocycles. The van der Waals surface area contributed by atoms with Gasteiger partial charge < -0.3 is 39.8 Å². The number of carbonyl (C=O) groups is 4. The van der Waals surface area contributed by atoms with Crippen LogP contribution in [0.25, 0.3) is 11.3 Å². The molecule has 2 aliphatic rings. The number of anilines is 2. The molecule has 0 spiro atoms. The highest BCUT2D eigenvalue weighted by Gasteiger charge is 2.51. The van der Waals surface area contributed by atoms with Crippen molar-refractivity contribution in [3.63, 3.8) is 0 Å². The third-order valence-electron chi connectivity index (χ3n) is 11.7. The van der Waals surface area contributed by atoms with E-state index in [4.69, 9.17) is 26.4 Å². The molecule has 16 nitrogen and oxygen atoms in total. The minimum Gasteiger partial charge on any atom is -0.494 e. The summed E-state index contributed by atoms with van der Waals surface area (Å²) >= 11 is 5.62. The van der Waals surface area contributed by atoms with Crippen molar-refractivity contribution in [1.82, 2.24) is 25.7 Å². The molecule has 20 heteroatoms. The number of aromatic nitrogens is 2. The second-order valence-corrected chi connectivity index (χ2v) is 18.7. The smallest absolute Gasteiger partial charge is 0.417 e. The molecular weight excluding hydrogens is 918 g/mol. The number of nitriles is 1. The SMILES string of the molecule is CC(C)(C)C(NC(=O)COCCCOCCCCOc1ccc(N2C(=S)N(c3ccc(C#N)c(C(F)(F)F)c3)C(=O)C2(C)C)cc1)C(=O)N1C[C@H](O)C[C@H]1C(=O)NCc1ccc(-c2ccn[nH]2)cc1. The van der Waals surface area contributed by atoms with Crippen LogP contribution in [0.1, 0.15) is 77.0 Å². The Bertz CT molecular complexity index is 2490. The Hall–Kier alpha value is -6.40. The average Bonchev–Trinajstić information content (AvgIpc) is 4.03. The van der Waals surface area contributed by atoms with Crippen molar-refractivity contribution in [3.8, 4) is 23.1 Å². The Morgan fingerprint density at radius 1 is 0.957 bits per heavy atom. The fraction of sp³-hybridized carbons (Fsp3) is 0.449. The number of hydrogen-bond acceptors (Lipinski definition) is 11. The number of aliphatic hydroxyl groups excluding tert-OH is 1. The number of aromatic amines is 1. The highest BCUT2D eigenvalue weighted by atomic mass is 32.1. The second kappa shape index (κ2) is 22.4. The van der Waals surface area contributed by atoms with Crippen LogP contribution in [0.15, 0.2) is 79.0 Å². The molecule has 1 aromatic heterocycles. The summed E-state index contributed by atoms with van der Waals surface area (Å²) in [5.41, 5.74) is -0.543. The molecule has 3 heterocycles. The number of rotatable bonds is 20. The first-order valence-corrected chi connectivity index (χ1v) is 22.9. The van der Waals surface area contributed by atoms with Crippen LogP contribution in [0.5, 0.6) is 5.75 Å². The van der Waals surface area contributed by atoms with Crippen molar-refractivity contribution in [2.75, 3.05) is 49.4 Å². The molecular formula is C49H57F3N8O8S. The summed E-state index contributed by atoms with van der Waals surface area (Å²) in [6.45, 7) is 10.1. The van der Waals surface area contributed by atoms with E-state index in [1.165, 1.54) is 11.0 Å². The number of β-amino-alcohol motifs (C(OH)–C–C–N with tert-alkyl or cyclic N) is 1. The van der Waals surface area contributed by atoms with Gasteiger partial charge in [0.15, 0.2) is 5.11 Å². The van der Waals surface area contributed by atoms with E-state index in [-0.39, 0.29) is 43.5 Å². The number of aliphatic hydroxyl groups is 1. The van der Waals surface area contributed by atoms with Gasteiger partial charge in [0.1, 0.15) is 30.0 Å². The molecule has 2 aliphatic heterocycles. The molecule has 1 unspecified atom stereocenters. The molecule has 69 heavy (non-hydrogen) atoms. The van der Waals surface area contributed by atoms with Gasteiger partial charge in [0, 0.05) is 51.2 Å². The predicted molar refractivity (Wildman–Crippen MR) is 254 cm³/mol. The van der Waals surface area contributed by atoms with Crippen molar-refractivity contribution in [2.24, 2.45) is 5.41 Å². The zero-order valence-electron chi connectivity index (χ0n) is 39.1. The van der Waals surface area contributed by atoms with E-state index in [1.54, 1.807) is 55.3 Å². The number of nitrogens with zero attached hydrogens (tertiary/aromatic N) is 5. The molecule has 0 aliphatic carbocycles. The van der Waals surface area contributed by atoms with Gasteiger partial charge >= 0.3 is 6.18 Å². The average molecular weight is 975 g/mol. The number of ether oxygens (including phenoxy) is 3. The Labute approximate surface area is 404 Å². The number of unbranched alkanes of at least 4 members (excludes halogenated alkanes) is 1. The molecule has 0 radical (unpaired) electrons. The molecule has 6 rings (SSSR count). The van der Waals surface area contributed by atoms with Gasteiger partial charge in [-0.3, -0.25) is 29.2 Å². The van der Waals surface area contributed by atoms with Crippen LogP contribution in [0.4, 0.5) is 24.5 Å². The number of nitrogens with one attached hydrogen (secondary N) is 3. The lowest BCUT2D eigenvalue weighted by Crippen LogP contribution is -2.58. The Balaban J connectivity index is 0.865. The molecule has 4 N–H and O–H groups in total. The van der Waals surface area contributed by atoms with E-state index < -0.39 is 70.1 Å². The van der Waals surface area contributed by atoms with Gasteiger partial charge in [-0.2, -0.15) is 23.5 Å². The molecule has 3 aromatic carbocycles. The summed E-state index contributed by atoms with van der Waals surface area (Å²) in [6.07, 6.45) is -2.03. The minimum absolute atomic E-state index is 0.00751. The van der Waals surface area contributed by atoms with Gasteiger partial charge in [0.05, 0.1) is 41.3 Å². The lowest BCUT2D eigenvalue weighted by molar-refractivity contribution is -0.144. The topological polar surface area (TPSA) is 202 Å². The van der Waals surface area contributed by atoms with E-state index in [1.807, 2.05) is 51.1 Å². The summed E-state index contributed by atoms with van der Waals surface area (Å²) in [5.74, 6) is -1.32. The summed E-state index contributed by atoms with van der Waals surface area (Å²) in [5, 5.41) is 32.2. The van der Waals surface area contributed by atoms with Gasteiger partial charge in [-0.25, -0.2) is 0 Å². The Morgan fingerprint density at radius 3 is 2.28 bits per heavy atom. The number of alkyl halides is 3. The van der Waals surface area contributed by atoms with Gasteiger partial charge in [-0.1, -0.05) is 45.0 Å². The maximum Gasteiger partial charge on any atom is 0.417 e. The standard InChI is InChI=1S/C49H57F3N8O8S/c1-47(2,3)42(44(64)58-29-36(61)26-40(58)43(63)54-28-31-9-11-32(12-10-31)39-19-20-55-57-39)56-41(62)30-67-23-8-22-66-21-6-7-24-68-37-17-15-34(16-18-37)60-46(69)59(45(65)48(60,4)5)35-14-13-33(27-53)38(25-35)49(50,51)52/h9-20,25,36,40,42,61H,6-8,21-24,26,28-30H2,1-5H3,(H,54,63)(H,55,57)(H,56,62)/t36-,40+,42?/m1/s1. The van der Waals surface area contributed by atoms with Crippen LogP contribution >= 0.6 is 12.2 Å². The highest BCUT2D eigenvalue weighted by molar-refractivity contribution is 7.81. The van der Waals surface area contributed by atoms with Crippen LogP contribution < -0.4 is 25.2 Å². The minimum atomic E-state index is -4.80. The zero-order chi connectivity index (χ0) is 50.1. The van der Waals surface area contributed by atoms with E-state index in [0.717, 1.165) is 33.9 Å². The fourth-order valence-electron chi connectivity index (χ4n) is 8.03. The number of likely N-dealkylation sites (tertiary alicyclic amines) is 1. The van der Waals surface area contributed by atoms with Gasteiger partial charge in [-0.05, 0) is 110 Å².